The Hall–Kier alpha value is -1.42. The highest BCUT2D eigenvalue weighted by atomic mass is 79.9. The minimum absolute atomic E-state index is 0. The molecule has 3 nitrogen and oxygen atoms in total. The first-order valence-electron chi connectivity index (χ1n) is 5.30. The summed E-state index contributed by atoms with van der Waals surface area (Å²) < 4.78 is 3.84. The molecule has 1 aromatic carbocycles. The number of halogens is 1. The maximum Gasteiger partial charge on any atom is 0.244 e. The standard InChI is InChI=1S/C13H15N2O.BrH/c1-11(15-9-8-14(2)10-15)13(16)12-6-4-3-5-7-12;/h3-11H,1-2H3;1H/q+1;/p-1. The van der Waals surface area contributed by atoms with Gasteiger partial charge in [0.05, 0.1) is 7.05 Å². The summed E-state index contributed by atoms with van der Waals surface area (Å²) in [5, 5.41) is 0. The average Bonchev–Trinajstić information content (AvgIpc) is 2.75. The van der Waals surface area contributed by atoms with Gasteiger partial charge < -0.3 is 17.0 Å². The molecule has 1 unspecified atom stereocenters. The average molecular weight is 295 g/mol. The van der Waals surface area contributed by atoms with Gasteiger partial charge in [0.2, 0.25) is 12.1 Å². The molecule has 0 aliphatic carbocycles. The molecule has 0 aliphatic rings. The lowest BCUT2D eigenvalue weighted by Gasteiger charge is -2.06. The Morgan fingerprint density at radius 2 is 1.94 bits per heavy atom. The number of aryl methyl sites for hydroxylation is 1. The van der Waals surface area contributed by atoms with Crippen molar-refractivity contribution >= 4 is 5.78 Å². The molecule has 1 atom stereocenters. The fourth-order valence-electron chi connectivity index (χ4n) is 1.68. The summed E-state index contributed by atoms with van der Waals surface area (Å²) in [5.74, 6) is 0.136. The number of imidazole rings is 1. The second-order valence-corrected chi connectivity index (χ2v) is 3.93. The van der Waals surface area contributed by atoms with Crippen LogP contribution in [0.15, 0.2) is 49.1 Å². The second kappa shape index (κ2) is 5.77. The Morgan fingerprint density at radius 1 is 1.29 bits per heavy atom. The van der Waals surface area contributed by atoms with Crippen molar-refractivity contribution in [2.45, 2.75) is 13.0 Å². The van der Waals surface area contributed by atoms with E-state index in [0.717, 1.165) is 5.56 Å². The molecule has 0 aliphatic heterocycles. The highest BCUT2D eigenvalue weighted by Crippen LogP contribution is 2.12. The highest BCUT2D eigenvalue weighted by Gasteiger charge is 2.20. The van der Waals surface area contributed by atoms with Crippen molar-refractivity contribution in [3.8, 4) is 0 Å². The normalized spacial score (nSPS) is 11.6. The van der Waals surface area contributed by atoms with E-state index in [0.29, 0.717) is 0 Å². The molecule has 0 radical (unpaired) electrons. The van der Waals surface area contributed by atoms with E-state index in [1.54, 1.807) is 0 Å². The van der Waals surface area contributed by atoms with Gasteiger partial charge in [-0.2, -0.15) is 0 Å². The third-order valence-electron chi connectivity index (χ3n) is 2.67. The molecule has 0 spiro atoms. The van der Waals surface area contributed by atoms with Crippen LogP contribution in [-0.4, -0.2) is 10.4 Å². The largest absolute Gasteiger partial charge is 1.00 e. The first-order valence-corrected chi connectivity index (χ1v) is 5.30. The van der Waals surface area contributed by atoms with Crippen LogP contribution in [0.2, 0.25) is 0 Å². The lowest BCUT2D eigenvalue weighted by atomic mass is 10.1. The smallest absolute Gasteiger partial charge is 0.244 e. The van der Waals surface area contributed by atoms with Crippen molar-refractivity contribution < 1.29 is 26.3 Å². The first kappa shape index (κ1) is 13.6. The Kier molecular flexibility index (Phi) is 4.63. The molecule has 0 fully saturated rings. The van der Waals surface area contributed by atoms with Crippen LogP contribution in [0.1, 0.15) is 23.3 Å². The molecule has 2 aromatic rings. The molecule has 1 heterocycles. The van der Waals surface area contributed by atoms with E-state index in [-0.39, 0.29) is 28.8 Å². The zero-order valence-corrected chi connectivity index (χ0v) is 11.5. The predicted molar refractivity (Wildman–Crippen MR) is 61.1 cm³/mol. The van der Waals surface area contributed by atoms with Crippen molar-refractivity contribution in [2.24, 2.45) is 7.05 Å². The van der Waals surface area contributed by atoms with Gasteiger partial charge in [-0.3, -0.25) is 4.79 Å². The van der Waals surface area contributed by atoms with E-state index in [4.69, 9.17) is 0 Å². The van der Waals surface area contributed by atoms with E-state index in [1.165, 1.54) is 0 Å². The van der Waals surface area contributed by atoms with Crippen LogP contribution >= 0.6 is 0 Å². The minimum atomic E-state index is -0.163. The van der Waals surface area contributed by atoms with Crippen LogP contribution in [0.3, 0.4) is 0 Å². The number of benzene rings is 1. The number of hydrogen-bond acceptors (Lipinski definition) is 1. The van der Waals surface area contributed by atoms with Gasteiger partial charge in [0.25, 0.3) is 0 Å². The van der Waals surface area contributed by atoms with Crippen molar-refractivity contribution in [2.75, 3.05) is 0 Å². The van der Waals surface area contributed by atoms with Gasteiger partial charge in [-0.1, -0.05) is 30.3 Å². The van der Waals surface area contributed by atoms with Gasteiger partial charge in [0, 0.05) is 5.56 Å². The fourth-order valence-corrected chi connectivity index (χ4v) is 1.68. The van der Waals surface area contributed by atoms with E-state index in [9.17, 15) is 4.79 Å². The van der Waals surface area contributed by atoms with Crippen LogP contribution in [0, 0.1) is 0 Å². The van der Waals surface area contributed by atoms with E-state index in [2.05, 4.69) is 0 Å². The quantitative estimate of drug-likeness (QED) is 0.514. The third-order valence-corrected chi connectivity index (χ3v) is 2.67. The number of Topliss-reactive ketones (excluding diaryl/α,β-unsaturated/α-hetero) is 1. The predicted octanol–water partition coefficient (Wildman–Crippen LogP) is -1.24. The van der Waals surface area contributed by atoms with Crippen molar-refractivity contribution in [1.29, 1.82) is 0 Å². The Balaban J connectivity index is 0.00000144. The molecule has 0 saturated carbocycles. The summed E-state index contributed by atoms with van der Waals surface area (Å²) in [6.45, 7) is 1.91. The van der Waals surface area contributed by atoms with Crippen LogP contribution in [0.4, 0.5) is 0 Å². The number of carbonyl (C=O) groups is 1. The first-order chi connectivity index (χ1) is 7.68. The van der Waals surface area contributed by atoms with Gasteiger partial charge in [-0.05, 0) is 6.92 Å². The third kappa shape index (κ3) is 3.03. The lowest BCUT2D eigenvalue weighted by molar-refractivity contribution is -0.671. The summed E-state index contributed by atoms with van der Waals surface area (Å²) in [7, 11) is 1.94. The second-order valence-electron chi connectivity index (χ2n) is 3.93. The number of hydrogen-bond donors (Lipinski definition) is 0. The monoisotopic (exact) mass is 294 g/mol. The summed E-state index contributed by atoms with van der Waals surface area (Å²) in [6, 6.07) is 9.22. The topological polar surface area (TPSA) is 25.9 Å². The van der Waals surface area contributed by atoms with Gasteiger partial charge in [0.15, 0.2) is 6.04 Å². The van der Waals surface area contributed by atoms with Crippen molar-refractivity contribution in [3.05, 3.63) is 54.6 Å². The Morgan fingerprint density at radius 3 is 2.47 bits per heavy atom. The summed E-state index contributed by atoms with van der Waals surface area (Å²) in [5.41, 5.74) is 0.756. The van der Waals surface area contributed by atoms with Crippen molar-refractivity contribution in [1.82, 2.24) is 4.57 Å². The Bertz CT molecular complexity index is 493. The summed E-state index contributed by atoms with van der Waals surface area (Å²) in [4.78, 5) is 12.1. The molecular formula is C13H15BrN2O. The zero-order valence-electron chi connectivity index (χ0n) is 9.88. The maximum absolute atomic E-state index is 12.1. The number of aromatic nitrogens is 2. The zero-order chi connectivity index (χ0) is 11.5. The number of carbonyl (C=O) groups excluding carboxylic acids is 1. The highest BCUT2D eigenvalue weighted by molar-refractivity contribution is 5.98. The number of nitrogens with zero attached hydrogens (tertiary/aromatic N) is 2. The lowest BCUT2D eigenvalue weighted by Crippen LogP contribution is -3.00. The molecule has 1 aromatic heterocycles. The molecule has 17 heavy (non-hydrogen) atoms. The van der Waals surface area contributed by atoms with Gasteiger partial charge in [-0.15, -0.1) is 0 Å². The van der Waals surface area contributed by atoms with Gasteiger partial charge in [-0.25, -0.2) is 9.13 Å². The summed E-state index contributed by atoms with van der Waals surface area (Å²) in [6.07, 6.45) is 5.74. The van der Waals surface area contributed by atoms with Gasteiger partial charge >= 0.3 is 0 Å². The van der Waals surface area contributed by atoms with Crippen LogP contribution in [-0.2, 0) is 7.05 Å². The van der Waals surface area contributed by atoms with E-state index < -0.39 is 0 Å². The molecule has 0 amide bonds. The van der Waals surface area contributed by atoms with Crippen LogP contribution in [0.5, 0.6) is 0 Å². The molecule has 0 saturated heterocycles. The van der Waals surface area contributed by atoms with Gasteiger partial charge in [0.1, 0.15) is 12.4 Å². The van der Waals surface area contributed by atoms with Crippen LogP contribution in [0.25, 0.3) is 0 Å². The molecule has 0 bridgehead atoms. The van der Waals surface area contributed by atoms with Crippen molar-refractivity contribution in [3.63, 3.8) is 0 Å². The summed E-state index contributed by atoms with van der Waals surface area (Å²) >= 11 is 0. The molecule has 2 rings (SSSR count). The molecule has 0 N–H and O–H groups in total. The van der Waals surface area contributed by atoms with E-state index in [1.807, 2.05) is 72.2 Å². The molecule has 4 heteroatoms. The fraction of sp³-hybridized carbons (Fsp3) is 0.231. The SMILES string of the molecule is CC(C(=O)c1ccccc1)n1cc[n+](C)c1.[Br-]. The molecule has 90 valence electrons. The maximum atomic E-state index is 12.1. The Labute approximate surface area is 111 Å². The molecular weight excluding hydrogens is 280 g/mol. The minimum Gasteiger partial charge on any atom is -1.00 e. The number of ketones is 1. The van der Waals surface area contributed by atoms with E-state index >= 15 is 0 Å². The van der Waals surface area contributed by atoms with Crippen LogP contribution < -0.4 is 21.5 Å². The number of rotatable bonds is 3.